The Hall–Kier alpha value is -2.72. The van der Waals surface area contributed by atoms with Crippen LogP contribution < -0.4 is 5.69 Å². The normalized spacial score (nSPS) is 11.0. The summed E-state index contributed by atoms with van der Waals surface area (Å²) < 4.78 is 1.75. The van der Waals surface area contributed by atoms with Crippen LogP contribution in [-0.4, -0.2) is 9.55 Å². The summed E-state index contributed by atoms with van der Waals surface area (Å²) in [5.74, 6) is 0. The molecule has 0 saturated carbocycles. The van der Waals surface area contributed by atoms with Gasteiger partial charge < -0.3 is 0 Å². The monoisotopic (exact) mass is 318 g/mol. The molecule has 23 heavy (non-hydrogen) atoms. The fourth-order valence-electron chi connectivity index (χ4n) is 2.72. The van der Waals surface area contributed by atoms with Crippen molar-refractivity contribution in [3.8, 4) is 11.3 Å². The Morgan fingerprint density at radius 1 is 0.913 bits per heavy atom. The summed E-state index contributed by atoms with van der Waals surface area (Å²) in [5, 5.41) is 3.04. The average molecular weight is 318 g/mol. The first-order chi connectivity index (χ1) is 11.3. The minimum atomic E-state index is -0.206. The highest BCUT2D eigenvalue weighted by Gasteiger charge is 2.13. The van der Waals surface area contributed by atoms with Gasteiger partial charge in [-0.1, -0.05) is 60.7 Å². The van der Waals surface area contributed by atoms with E-state index in [1.165, 1.54) is 0 Å². The van der Waals surface area contributed by atoms with Gasteiger partial charge in [0, 0.05) is 10.9 Å². The zero-order valence-electron chi connectivity index (χ0n) is 12.3. The fourth-order valence-corrected chi connectivity index (χ4v) is 3.61. The van der Waals surface area contributed by atoms with Crippen LogP contribution in [0.4, 0.5) is 0 Å². The third-order valence-corrected chi connectivity index (χ3v) is 4.75. The Labute approximate surface area is 137 Å². The molecule has 0 aliphatic heterocycles. The van der Waals surface area contributed by atoms with E-state index in [9.17, 15) is 4.79 Å². The molecule has 112 valence electrons. The topological polar surface area (TPSA) is 34.9 Å². The lowest BCUT2D eigenvalue weighted by molar-refractivity contribution is 0.769. The minimum Gasteiger partial charge on any atom is -0.279 e. The molecule has 0 radical (unpaired) electrons. The molecule has 0 aliphatic rings. The lowest BCUT2D eigenvalue weighted by Crippen LogP contribution is -2.23. The molecule has 0 fully saturated rings. The van der Waals surface area contributed by atoms with Gasteiger partial charge in [0.05, 0.1) is 12.2 Å². The summed E-state index contributed by atoms with van der Waals surface area (Å²) in [6, 6.07) is 21.9. The Bertz CT molecular complexity index is 1000. The van der Waals surface area contributed by atoms with Crippen LogP contribution in [0.5, 0.6) is 0 Å². The molecule has 4 rings (SSSR count). The highest BCUT2D eigenvalue weighted by molar-refractivity contribution is 7.16. The van der Waals surface area contributed by atoms with Gasteiger partial charge in [0.15, 0.2) is 0 Å². The minimum absolute atomic E-state index is 0.206. The predicted molar refractivity (Wildman–Crippen MR) is 94.9 cm³/mol. The lowest BCUT2D eigenvalue weighted by Gasteiger charge is -2.10. The molecule has 0 unspecified atom stereocenters. The van der Waals surface area contributed by atoms with E-state index in [1.807, 2.05) is 72.1 Å². The lowest BCUT2D eigenvalue weighted by atomic mass is 10.1. The van der Waals surface area contributed by atoms with E-state index in [0.717, 1.165) is 27.0 Å². The molecule has 4 aromatic rings. The molecule has 0 saturated heterocycles. The van der Waals surface area contributed by atoms with Crippen LogP contribution in [0.15, 0.2) is 76.9 Å². The van der Waals surface area contributed by atoms with E-state index < -0.39 is 0 Å². The van der Waals surface area contributed by atoms with Crippen LogP contribution >= 0.6 is 11.3 Å². The van der Waals surface area contributed by atoms with Crippen LogP contribution in [0.25, 0.3) is 21.5 Å². The maximum Gasteiger partial charge on any atom is 0.349 e. The van der Waals surface area contributed by atoms with Gasteiger partial charge in [0.25, 0.3) is 0 Å². The third-order valence-electron chi connectivity index (χ3n) is 3.81. The smallest absolute Gasteiger partial charge is 0.279 e. The maximum absolute atomic E-state index is 12.6. The zero-order valence-corrected chi connectivity index (χ0v) is 13.2. The van der Waals surface area contributed by atoms with Crippen LogP contribution in [0.2, 0.25) is 0 Å². The number of rotatable bonds is 3. The molecule has 0 atom stereocenters. The molecule has 2 heterocycles. The predicted octanol–water partition coefficient (Wildman–Crippen LogP) is 4.17. The van der Waals surface area contributed by atoms with Crippen molar-refractivity contribution in [1.82, 2.24) is 9.55 Å². The van der Waals surface area contributed by atoms with Crippen molar-refractivity contribution in [1.29, 1.82) is 0 Å². The molecular weight excluding hydrogens is 304 g/mol. The van der Waals surface area contributed by atoms with Crippen molar-refractivity contribution in [2.75, 3.05) is 0 Å². The van der Waals surface area contributed by atoms with E-state index >= 15 is 0 Å². The SMILES string of the molecule is O=c1nc(-c2ccccc2)c2ccsc2n1Cc1ccccc1. The van der Waals surface area contributed by atoms with E-state index in [4.69, 9.17) is 0 Å². The number of thiophene rings is 1. The first-order valence-electron chi connectivity index (χ1n) is 7.40. The van der Waals surface area contributed by atoms with Crippen LogP contribution in [0.1, 0.15) is 5.56 Å². The maximum atomic E-state index is 12.6. The summed E-state index contributed by atoms with van der Waals surface area (Å²) in [6.07, 6.45) is 0. The van der Waals surface area contributed by atoms with E-state index in [2.05, 4.69) is 4.98 Å². The Morgan fingerprint density at radius 2 is 1.61 bits per heavy atom. The Kier molecular flexibility index (Phi) is 3.52. The largest absolute Gasteiger partial charge is 0.349 e. The highest BCUT2D eigenvalue weighted by Crippen LogP contribution is 2.28. The fraction of sp³-hybridized carbons (Fsp3) is 0.0526. The molecule has 0 spiro atoms. The average Bonchev–Trinajstić information content (AvgIpc) is 3.08. The first kappa shape index (κ1) is 13.9. The highest BCUT2D eigenvalue weighted by atomic mass is 32.1. The number of nitrogens with zero attached hydrogens (tertiary/aromatic N) is 2. The van der Waals surface area contributed by atoms with Crippen molar-refractivity contribution >= 4 is 21.6 Å². The molecule has 0 aliphatic carbocycles. The van der Waals surface area contributed by atoms with Gasteiger partial charge in [-0.2, -0.15) is 4.98 Å². The van der Waals surface area contributed by atoms with E-state index in [1.54, 1.807) is 15.9 Å². The van der Waals surface area contributed by atoms with Crippen LogP contribution in [0, 0.1) is 0 Å². The summed E-state index contributed by atoms with van der Waals surface area (Å²) in [7, 11) is 0. The number of aromatic nitrogens is 2. The van der Waals surface area contributed by atoms with Gasteiger partial charge in [-0.15, -0.1) is 11.3 Å². The Morgan fingerprint density at radius 3 is 2.35 bits per heavy atom. The van der Waals surface area contributed by atoms with Crippen molar-refractivity contribution in [2.24, 2.45) is 0 Å². The van der Waals surface area contributed by atoms with Gasteiger partial charge >= 0.3 is 5.69 Å². The van der Waals surface area contributed by atoms with Gasteiger partial charge in [-0.25, -0.2) is 4.79 Å². The van der Waals surface area contributed by atoms with Crippen molar-refractivity contribution in [3.05, 3.63) is 88.2 Å². The second kappa shape index (κ2) is 5.82. The van der Waals surface area contributed by atoms with Crippen LogP contribution in [0.3, 0.4) is 0 Å². The molecule has 4 heteroatoms. The molecule has 2 aromatic heterocycles. The molecular formula is C19H14N2OS. The zero-order chi connectivity index (χ0) is 15.6. The molecule has 0 amide bonds. The second-order valence-electron chi connectivity index (χ2n) is 5.32. The van der Waals surface area contributed by atoms with Gasteiger partial charge in [0.2, 0.25) is 0 Å². The van der Waals surface area contributed by atoms with Gasteiger partial charge in [0.1, 0.15) is 4.83 Å². The Balaban J connectivity index is 1.90. The summed E-state index contributed by atoms with van der Waals surface area (Å²) in [4.78, 5) is 17.9. The van der Waals surface area contributed by atoms with Crippen molar-refractivity contribution in [3.63, 3.8) is 0 Å². The number of hydrogen-bond donors (Lipinski definition) is 0. The second-order valence-corrected chi connectivity index (χ2v) is 6.21. The molecule has 0 bridgehead atoms. The number of benzene rings is 2. The third kappa shape index (κ3) is 2.58. The van der Waals surface area contributed by atoms with E-state index in [-0.39, 0.29) is 5.69 Å². The van der Waals surface area contributed by atoms with Gasteiger partial charge in [-0.3, -0.25) is 4.57 Å². The number of hydrogen-bond acceptors (Lipinski definition) is 3. The van der Waals surface area contributed by atoms with Gasteiger partial charge in [-0.05, 0) is 17.0 Å². The quantitative estimate of drug-likeness (QED) is 0.568. The standard InChI is InChI=1S/C19H14N2OS/c22-19-20-17(15-9-5-2-6-10-15)16-11-12-23-18(16)21(19)13-14-7-3-1-4-8-14/h1-12H,13H2. The van der Waals surface area contributed by atoms with Crippen LogP contribution in [-0.2, 0) is 6.54 Å². The molecule has 0 N–H and O–H groups in total. The first-order valence-corrected chi connectivity index (χ1v) is 8.28. The summed E-state index contributed by atoms with van der Waals surface area (Å²) in [5.41, 5.74) is 2.62. The van der Waals surface area contributed by atoms with E-state index in [0.29, 0.717) is 6.54 Å². The molecule has 3 nitrogen and oxygen atoms in total. The number of fused-ring (bicyclic) bond motifs is 1. The van der Waals surface area contributed by atoms with Crippen molar-refractivity contribution in [2.45, 2.75) is 6.54 Å². The molecule has 2 aromatic carbocycles. The summed E-state index contributed by atoms with van der Waals surface area (Å²) in [6.45, 7) is 0.540. The van der Waals surface area contributed by atoms with Crippen molar-refractivity contribution < 1.29 is 0 Å². The summed E-state index contributed by atoms with van der Waals surface area (Å²) >= 11 is 1.58.